The number of benzene rings is 2. The van der Waals surface area contributed by atoms with Gasteiger partial charge in [-0.1, -0.05) is 23.8 Å². The minimum Gasteiger partial charge on any atom is -0.480 e. The highest BCUT2D eigenvalue weighted by Gasteiger charge is 2.29. The number of hydrogen-bond acceptors (Lipinski definition) is 7. The van der Waals surface area contributed by atoms with Crippen LogP contribution in [0.15, 0.2) is 46.2 Å². The molecule has 1 atom stereocenters. The van der Waals surface area contributed by atoms with Crippen LogP contribution in [0.2, 0.25) is 0 Å². The first-order valence-corrected chi connectivity index (χ1v) is 13.5. The number of fused-ring (bicyclic) bond motifs is 1. The first kappa shape index (κ1) is 29.0. The molecule has 0 bridgehead atoms. The summed E-state index contributed by atoms with van der Waals surface area (Å²) in [6.07, 6.45) is 1.99. The molecule has 3 rings (SSSR count). The third-order valence-corrected chi connectivity index (χ3v) is 7.94. The number of nitrogens with one attached hydrogen (secondary N) is 2. The van der Waals surface area contributed by atoms with E-state index in [2.05, 4.69) is 10.0 Å². The van der Waals surface area contributed by atoms with E-state index >= 15 is 0 Å². The molecule has 1 amide bonds. The number of carboxylic acids is 1. The molecule has 0 spiro atoms. The van der Waals surface area contributed by atoms with Gasteiger partial charge in [0.25, 0.3) is 5.91 Å². The normalized spacial score (nSPS) is 12.4. The molecule has 2 aromatic carbocycles. The Balaban J connectivity index is 1.89. The van der Waals surface area contributed by atoms with Crippen molar-refractivity contribution < 1.29 is 23.1 Å². The number of rotatable bonds is 11. The van der Waals surface area contributed by atoms with E-state index in [1.807, 2.05) is 6.92 Å². The van der Waals surface area contributed by atoms with Gasteiger partial charge in [-0.25, -0.2) is 8.42 Å². The van der Waals surface area contributed by atoms with Crippen molar-refractivity contribution in [1.29, 1.82) is 0 Å². The van der Waals surface area contributed by atoms with Crippen LogP contribution >= 0.6 is 0 Å². The average molecular weight is 544 g/mol. The zero-order valence-electron chi connectivity index (χ0n) is 21.6. The third kappa shape index (κ3) is 6.27. The van der Waals surface area contributed by atoms with Gasteiger partial charge in [0, 0.05) is 31.2 Å². The van der Waals surface area contributed by atoms with Crippen molar-refractivity contribution in [1.82, 2.24) is 14.6 Å². The minimum atomic E-state index is -4.23. The molecule has 1 aromatic heterocycles. The molecule has 204 valence electrons. The number of carbonyl (C=O) groups is 2. The van der Waals surface area contributed by atoms with Gasteiger partial charge in [0.1, 0.15) is 11.6 Å². The number of nitrogens with two attached hydrogens (primary N) is 2. The second-order valence-corrected chi connectivity index (χ2v) is 10.9. The summed E-state index contributed by atoms with van der Waals surface area (Å²) in [5.74, 6) is -2.31. The topological polar surface area (TPSA) is 187 Å². The molecule has 12 heteroatoms. The van der Waals surface area contributed by atoms with Crippen molar-refractivity contribution >= 4 is 32.8 Å². The summed E-state index contributed by atoms with van der Waals surface area (Å²) in [5.41, 5.74) is 13.9. The van der Waals surface area contributed by atoms with E-state index in [0.717, 1.165) is 11.1 Å². The fraction of sp³-hybridized carbons (Fsp3) is 0.346. The van der Waals surface area contributed by atoms with Crippen LogP contribution in [0.4, 0.5) is 0 Å². The highest BCUT2D eigenvalue weighted by Crippen LogP contribution is 2.22. The smallest absolute Gasteiger partial charge is 0.323 e. The van der Waals surface area contributed by atoms with E-state index in [1.54, 1.807) is 48.7 Å². The predicted octanol–water partition coefficient (Wildman–Crippen LogP) is 0.896. The van der Waals surface area contributed by atoms with Gasteiger partial charge in [0.2, 0.25) is 15.5 Å². The van der Waals surface area contributed by atoms with Crippen LogP contribution < -0.4 is 26.9 Å². The molecule has 0 aliphatic rings. The number of amides is 1. The molecule has 3 aromatic rings. The molecule has 11 nitrogen and oxygen atoms in total. The molecular formula is C26H33N5O6S. The van der Waals surface area contributed by atoms with E-state index < -0.39 is 39.9 Å². The van der Waals surface area contributed by atoms with Crippen molar-refractivity contribution in [2.24, 2.45) is 11.5 Å². The van der Waals surface area contributed by atoms with Crippen molar-refractivity contribution in [2.45, 2.75) is 51.2 Å². The van der Waals surface area contributed by atoms with Crippen LogP contribution in [0.25, 0.3) is 10.9 Å². The molecule has 38 heavy (non-hydrogen) atoms. The standard InChI is InChI=1S/C26H33N5O6S/c1-15-9-16(2)24(17(3)10-15)38(36,37)30-21(26(34)35)13-29-25(33)20-14-31(8-4-7-27)22-11-18(12-28)5-6-19(22)23(20)32/h5-6,9-11,14,21,30H,4,7-8,12-13,27-28H2,1-3H3,(H,29,33)(H,34,35)/t21-/m1/s1. The van der Waals surface area contributed by atoms with Gasteiger partial charge in [0.15, 0.2) is 0 Å². The Labute approximate surface area is 220 Å². The molecule has 0 aliphatic heterocycles. The lowest BCUT2D eigenvalue weighted by Crippen LogP contribution is -2.49. The van der Waals surface area contributed by atoms with Crippen LogP contribution in [-0.4, -0.2) is 49.1 Å². The summed E-state index contributed by atoms with van der Waals surface area (Å²) >= 11 is 0. The Morgan fingerprint density at radius 1 is 1.08 bits per heavy atom. The zero-order valence-corrected chi connectivity index (χ0v) is 22.4. The molecule has 7 N–H and O–H groups in total. The summed E-state index contributed by atoms with van der Waals surface area (Å²) in [7, 11) is -4.23. The van der Waals surface area contributed by atoms with Gasteiger partial charge in [-0.3, -0.25) is 14.4 Å². The van der Waals surface area contributed by atoms with Gasteiger partial charge in [-0.05, 0) is 62.6 Å². The van der Waals surface area contributed by atoms with Gasteiger partial charge < -0.3 is 26.5 Å². The number of aryl methyl sites for hydroxylation is 4. The van der Waals surface area contributed by atoms with Crippen LogP contribution in [0.1, 0.15) is 39.0 Å². The predicted molar refractivity (Wildman–Crippen MR) is 145 cm³/mol. The number of carboxylic acid groups (broad SMARTS) is 1. The number of hydrogen-bond donors (Lipinski definition) is 5. The van der Waals surface area contributed by atoms with Crippen molar-refractivity contribution in [3.05, 3.63) is 74.6 Å². The van der Waals surface area contributed by atoms with Crippen molar-refractivity contribution in [3.8, 4) is 0 Å². The number of aromatic nitrogens is 1. The maximum atomic E-state index is 13.1. The van der Waals surface area contributed by atoms with Crippen LogP contribution in [0, 0.1) is 20.8 Å². The molecule has 0 radical (unpaired) electrons. The van der Waals surface area contributed by atoms with Gasteiger partial charge >= 0.3 is 5.97 Å². The Bertz CT molecular complexity index is 1520. The van der Waals surface area contributed by atoms with E-state index in [0.29, 0.717) is 41.5 Å². The fourth-order valence-electron chi connectivity index (χ4n) is 4.48. The van der Waals surface area contributed by atoms with Gasteiger partial charge in [-0.15, -0.1) is 0 Å². The lowest BCUT2D eigenvalue weighted by Gasteiger charge is -2.19. The van der Waals surface area contributed by atoms with Crippen molar-refractivity contribution in [3.63, 3.8) is 0 Å². The van der Waals surface area contributed by atoms with Crippen molar-refractivity contribution in [2.75, 3.05) is 13.1 Å². The van der Waals surface area contributed by atoms with E-state index in [-0.39, 0.29) is 17.0 Å². The largest absolute Gasteiger partial charge is 0.480 e. The molecule has 0 saturated heterocycles. The highest BCUT2D eigenvalue weighted by molar-refractivity contribution is 7.89. The summed E-state index contributed by atoms with van der Waals surface area (Å²) in [6, 6.07) is 6.77. The summed E-state index contributed by atoms with van der Waals surface area (Å²) in [4.78, 5) is 38.0. The summed E-state index contributed by atoms with van der Waals surface area (Å²) in [5, 5.41) is 12.4. The van der Waals surface area contributed by atoms with E-state index in [9.17, 15) is 27.9 Å². The summed E-state index contributed by atoms with van der Waals surface area (Å²) < 4.78 is 30.0. The monoisotopic (exact) mass is 543 g/mol. The first-order valence-electron chi connectivity index (χ1n) is 12.1. The lowest BCUT2D eigenvalue weighted by atomic mass is 10.1. The minimum absolute atomic E-state index is 0.0187. The number of nitrogens with zero attached hydrogens (tertiary/aromatic N) is 1. The molecule has 0 unspecified atom stereocenters. The Morgan fingerprint density at radius 3 is 2.32 bits per heavy atom. The van der Waals surface area contributed by atoms with Crippen LogP contribution in [-0.2, 0) is 27.9 Å². The maximum absolute atomic E-state index is 13.1. The second-order valence-electron chi connectivity index (χ2n) is 9.21. The Kier molecular flexibility index (Phi) is 9.05. The zero-order chi connectivity index (χ0) is 28.2. The first-order chi connectivity index (χ1) is 17.9. The number of pyridine rings is 1. The van der Waals surface area contributed by atoms with Crippen LogP contribution in [0.3, 0.4) is 0 Å². The van der Waals surface area contributed by atoms with Gasteiger partial charge in [-0.2, -0.15) is 4.72 Å². The SMILES string of the molecule is Cc1cc(C)c(S(=O)(=O)N[C@H](CNC(=O)c2cn(CCCN)c3cc(CN)ccc3c2=O)C(=O)O)c(C)c1. The lowest BCUT2D eigenvalue weighted by molar-refractivity contribution is -0.138. The molecule has 0 fully saturated rings. The van der Waals surface area contributed by atoms with Gasteiger partial charge in [0.05, 0.1) is 10.4 Å². The molecule has 0 aliphatic carbocycles. The molecule has 1 heterocycles. The number of carbonyl (C=O) groups excluding carboxylic acids is 1. The number of aliphatic carboxylic acids is 1. The molecule has 0 saturated carbocycles. The third-order valence-electron chi connectivity index (χ3n) is 6.16. The second kappa shape index (κ2) is 11.9. The van der Waals surface area contributed by atoms with E-state index in [1.165, 1.54) is 6.20 Å². The number of sulfonamides is 1. The fourth-order valence-corrected chi connectivity index (χ4v) is 6.12. The average Bonchev–Trinajstić information content (AvgIpc) is 2.84. The Morgan fingerprint density at radius 2 is 1.74 bits per heavy atom. The molecular weight excluding hydrogens is 510 g/mol. The quantitative estimate of drug-likeness (QED) is 0.236. The maximum Gasteiger partial charge on any atom is 0.323 e. The highest BCUT2D eigenvalue weighted by atomic mass is 32.2. The van der Waals surface area contributed by atoms with Crippen LogP contribution in [0.5, 0.6) is 0 Å². The summed E-state index contributed by atoms with van der Waals surface area (Å²) in [6.45, 7) is 5.60. The Hall–Kier alpha value is -3.58. The van der Waals surface area contributed by atoms with E-state index in [4.69, 9.17) is 11.5 Å².